The number of rotatable bonds is 4. The molecule has 0 fully saturated rings. The number of ether oxygens (including phenoxy) is 1. The molecule has 0 amide bonds. The van der Waals surface area contributed by atoms with E-state index < -0.39 is 0 Å². The van der Waals surface area contributed by atoms with Gasteiger partial charge in [-0.15, -0.1) is 12.3 Å². The number of hydrogen-bond acceptors (Lipinski definition) is 2. The number of halogens is 1. The molecule has 0 radical (unpaired) electrons. The molecule has 0 aliphatic heterocycles. The third-order valence-corrected chi connectivity index (χ3v) is 1.97. The van der Waals surface area contributed by atoms with Crippen LogP contribution in [-0.4, -0.2) is 6.61 Å². The van der Waals surface area contributed by atoms with Crippen LogP contribution < -0.4 is 10.5 Å². The van der Waals surface area contributed by atoms with Crippen molar-refractivity contribution in [3.8, 4) is 18.1 Å². The highest BCUT2D eigenvalue weighted by atomic mass is 19.1. The molecule has 2 nitrogen and oxygen atoms in total. The minimum Gasteiger partial charge on any atom is -0.492 e. The molecule has 0 aliphatic rings. The largest absolute Gasteiger partial charge is 0.492 e. The Morgan fingerprint density at radius 3 is 2.93 bits per heavy atom. The number of benzene rings is 1. The molecule has 0 saturated carbocycles. The molecule has 0 aliphatic carbocycles. The van der Waals surface area contributed by atoms with Crippen LogP contribution in [0.5, 0.6) is 5.75 Å². The summed E-state index contributed by atoms with van der Waals surface area (Å²) in [5, 5.41) is 0. The predicted octanol–water partition coefficient (Wildman–Crippen LogP) is 2.25. The average Bonchev–Trinajstić information content (AvgIpc) is 2.20. The van der Waals surface area contributed by atoms with Crippen LogP contribution in [0.2, 0.25) is 0 Å². The van der Waals surface area contributed by atoms with Crippen molar-refractivity contribution in [3.05, 3.63) is 29.6 Å². The standard InChI is InChI=1S/C12H14FNO/c1-3-4-7-15-12-6-5-10(13)8-11(12)9(2)14/h1,5-6,8-9H,4,7,14H2,2H3/t9-/m0/s1. The van der Waals surface area contributed by atoms with E-state index in [0.29, 0.717) is 24.3 Å². The van der Waals surface area contributed by atoms with Crippen LogP contribution in [-0.2, 0) is 0 Å². The Morgan fingerprint density at radius 2 is 2.33 bits per heavy atom. The minimum absolute atomic E-state index is 0.262. The van der Waals surface area contributed by atoms with Gasteiger partial charge < -0.3 is 10.5 Å². The highest BCUT2D eigenvalue weighted by Crippen LogP contribution is 2.24. The molecule has 0 aromatic heterocycles. The summed E-state index contributed by atoms with van der Waals surface area (Å²) in [5.41, 5.74) is 6.36. The maximum absolute atomic E-state index is 13.0. The summed E-state index contributed by atoms with van der Waals surface area (Å²) in [5.74, 6) is 2.75. The smallest absolute Gasteiger partial charge is 0.124 e. The van der Waals surface area contributed by atoms with Gasteiger partial charge in [0.25, 0.3) is 0 Å². The summed E-state index contributed by atoms with van der Waals surface area (Å²) in [6.07, 6.45) is 5.62. The lowest BCUT2D eigenvalue weighted by molar-refractivity contribution is 0.321. The van der Waals surface area contributed by atoms with Crippen molar-refractivity contribution in [2.24, 2.45) is 5.73 Å². The highest BCUT2D eigenvalue weighted by molar-refractivity contribution is 5.36. The molecular weight excluding hydrogens is 193 g/mol. The molecule has 0 saturated heterocycles. The molecule has 3 heteroatoms. The molecule has 1 aromatic carbocycles. The number of terminal acetylenes is 1. The molecular formula is C12H14FNO. The number of hydrogen-bond donors (Lipinski definition) is 1. The molecule has 0 unspecified atom stereocenters. The summed E-state index contributed by atoms with van der Waals surface area (Å²) in [4.78, 5) is 0. The van der Waals surface area contributed by atoms with E-state index in [2.05, 4.69) is 5.92 Å². The van der Waals surface area contributed by atoms with Crippen molar-refractivity contribution in [3.63, 3.8) is 0 Å². The summed E-state index contributed by atoms with van der Waals surface area (Å²) >= 11 is 0. The van der Waals surface area contributed by atoms with Gasteiger partial charge in [-0.05, 0) is 25.1 Å². The van der Waals surface area contributed by atoms with Crippen LogP contribution in [0.1, 0.15) is 24.9 Å². The van der Waals surface area contributed by atoms with Crippen molar-refractivity contribution in [1.82, 2.24) is 0 Å². The SMILES string of the molecule is C#CCCOc1ccc(F)cc1[C@H](C)N. The molecule has 0 bridgehead atoms. The van der Waals surface area contributed by atoms with Crippen LogP contribution in [0.15, 0.2) is 18.2 Å². The van der Waals surface area contributed by atoms with E-state index in [1.165, 1.54) is 12.1 Å². The molecule has 15 heavy (non-hydrogen) atoms. The van der Waals surface area contributed by atoms with Crippen molar-refractivity contribution in [1.29, 1.82) is 0 Å². The van der Waals surface area contributed by atoms with E-state index in [1.54, 1.807) is 13.0 Å². The first-order valence-corrected chi connectivity index (χ1v) is 4.76. The molecule has 1 aromatic rings. The van der Waals surface area contributed by atoms with Crippen LogP contribution in [0.25, 0.3) is 0 Å². The number of nitrogens with two attached hydrogens (primary N) is 1. The van der Waals surface area contributed by atoms with Gasteiger partial charge in [0.15, 0.2) is 0 Å². The molecule has 0 spiro atoms. The Kier molecular flexibility index (Phi) is 4.14. The first-order valence-electron chi connectivity index (χ1n) is 4.76. The average molecular weight is 207 g/mol. The molecule has 0 heterocycles. The van der Waals surface area contributed by atoms with Crippen molar-refractivity contribution in [2.75, 3.05) is 6.61 Å². The Labute approximate surface area is 89.2 Å². The lowest BCUT2D eigenvalue weighted by Gasteiger charge is -2.13. The summed E-state index contributed by atoms with van der Waals surface area (Å²) < 4.78 is 18.4. The van der Waals surface area contributed by atoms with Gasteiger partial charge in [0, 0.05) is 18.0 Å². The maximum atomic E-state index is 13.0. The van der Waals surface area contributed by atoms with E-state index in [0.717, 1.165) is 0 Å². The predicted molar refractivity (Wildman–Crippen MR) is 57.9 cm³/mol. The second kappa shape index (κ2) is 5.38. The van der Waals surface area contributed by atoms with E-state index >= 15 is 0 Å². The van der Waals surface area contributed by atoms with Gasteiger partial charge in [-0.1, -0.05) is 0 Å². The lowest BCUT2D eigenvalue weighted by Crippen LogP contribution is -2.09. The first-order chi connectivity index (χ1) is 7.15. The Morgan fingerprint density at radius 1 is 1.60 bits per heavy atom. The van der Waals surface area contributed by atoms with Crippen molar-refractivity contribution in [2.45, 2.75) is 19.4 Å². The minimum atomic E-state index is -0.313. The quantitative estimate of drug-likeness (QED) is 0.607. The van der Waals surface area contributed by atoms with E-state index in [4.69, 9.17) is 16.9 Å². The zero-order valence-corrected chi connectivity index (χ0v) is 8.66. The van der Waals surface area contributed by atoms with Gasteiger partial charge in [-0.3, -0.25) is 0 Å². The second-order valence-corrected chi connectivity index (χ2v) is 3.27. The van der Waals surface area contributed by atoms with Gasteiger partial charge in [-0.25, -0.2) is 4.39 Å². The van der Waals surface area contributed by atoms with E-state index in [9.17, 15) is 4.39 Å². The van der Waals surface area contributed by atoms with Crippen LogP contribution in [0.3, 0.4) is 0 Å². The second-order valence-electron chi connectivity index (χ2n) is 3.27. The topological polar surface area (TPSA) is 35.2 Å². The molecule has 1 atom stereocenters. The highest BCUT2D eigenvalue weighted by Gasteiger charge is 2.09. The Hall–Kier alpha value is -1.53. The van der Waals surface area contributed by atoms with Crippen LogP contribution in [0, 0.1) is 18.2 Å². The third kappa shape index (κ3) is 3.26. The van der Waals surface area contributed by atoms with Gasteiger partial charge in [-0.2, -0.15) is 0 Å². The fourth-order valence-corrected chi connectivity index (χ4v) is 1.23. The summed E-state index contributed by atoms with van der Waals surface area (Å²) in [7, 11) is 0. The monoisotopic (exact) mass is 207 g/mol. The zero-order valence-electron chi connectivity index (χ0n) is 8.66. The Bertz CT molecular complexity index is 368. The van der Waals surface area contributed by atoms with E-state index in [-0.39, 0.29) is 11.9 Å². The van der Waals surface area contributed by atoms with Gasteiger partial charge in [0.2, 0.25) is 0 Å². The normalized spacial score (nSPS) is 11.9. The fourth-order valence-electron chi connectivity index (χ4n) is 1.23. The van der Waals surface area contributed by atoms with Gasteiger partial charge >= 0.3 is 0 Å². The maximum Gasteiger partial charge on any atom is 0.124 e. The molecule has 80 valence electrons. The van der Waals surface area contributed by atoms with Crippen LogP contribution in [0.4, 0.5) is 4.39 Å². The first kappa shape index (κ1) is 11.5. The third-order valence-electron chi connectivity index (χ3n) is 1.97. The van der Waals surface area contributed by atoms with Crippen molar-refractivity contribution >= 4 is 0 Å². The lowest BCUT2D eigenvalue weighted by atomic mass is 10.1. The molecule has 1 rings (SSSR count). The zero-order chi connectivity index (χ0) is 11.3. The van der Waals surface area contributed by atoms with E-state index in [1.807, 2.05) is 0 Å². The van der Waals surface area contributed by atoms with Crippen LogP contribution >= 0.6 is 0 Å². The summed E-state index contributed by atoms with van der Waals surface area (Å²) in [6.45, 7) is 2.20. The van der Waals surface area contributed by atoms with Gasteiger partial charge in [0.05, 0.1) is 6.61 Å². The van der Waals surface area contributed by atoms with Gasteiger partial charge in [0.1, 0.15) is 11.6 Å². The van der Waals surface area contributed by atoms with Crippen molar-refractivity contribution < 1.29 is 9.13 Å². The molecule has 2 N–H and O–H groups in total. The Balaban J connectivity index is 2.82. The summed E-state index contributed by atoms with van der Waals surface area (Å²) in [6, 6.07) is 4.04. The fraction of sp³-hybridized carbons (Fsp3) is 0.333.